The van der Waals surface area contributed by atoms with Crippen molar-refractivity contribution in [2.45, 2.75) is 46.3 Å². The predicted octanol–water partition coefficient (Wildman–Crippen LogP) is 3.27. The summed E-state index contributed by atoms with van der Waals surface area (Å²) >= 11 is 0. The van der Waals surface area contributed by atoms with Crippen molar-refractivity contribution >= 4 is 17.6 Å². The zero-order chi connectivity index (χ0) is 22.2. The fourth-order valence-electron chi connectivity index (χ4n) is 3.59. The second kappa shape index (κ2) is 10.7. The first-order valence-corrected chi connectivity index (χ1v) is 10.7. The van der Waals surface area contributed by atoms with Gasteiger partial charge in [0.1, 0.15) is 17.6 Å². The van der Waals surface area contributed by atoms with Crippen LogP contribution in [0.25, 0.3) is 0 Å². The molecule has 0 aliphatic carbocycles. The third kappa shape index (κ3) is 6.38. The van der Waals surface area contributed by atoms with Crippen LogP contribution in [0, 0.1) is 0 Å². The SMILES string of the molecule is CCOc1cc2c(cc1CNC(=NC)NCCc1ccc(NC(C)=O)cc1)OC(C)C2. The molecule has 1 unspecified atom stereocenters. The largest absolute Gasteiger partial charge is 0.494 e. The zero-order valence-corrected chi connectivity index (χ0v) is 18.7. The Morgan fingerprint density at radius 3 is 2.68 bits per heavy atom. The summed E-state index contributed by atoms with van der Waals surface area (Å²) in [6.07, 6.45) is 1.96. The highest BCUT2D eigenvalue weighted by atomic mass is 16.5. The van der Waals surface area contributed by atoms with Crippen molar-refractivity contribution in [2.24, 2.45) is 4.99 Å². The van der Waals surface area contributed by atoms with E-state index in [-0.39, 0.29) is 12.0 Å². The number of carbonyl (C=O) groups excluding carboxylic acids is 1. The summed E-state index contributed by atoms with van der Waals surface area (Å²) < 4.78 is 11.8. The Bertz CT molecular complexity index is 925. The van der Waals surface area contributed by atoms with E-state index in [4.69, 9.17) is 9.47 Å². The van der Waals surface area contributed by atoms with E-state index < -0.39 is 0 Å². The van der Waals surface area contributed by atoms with Crippen LogP contribution in [0.5, 0.6) is 11.5 Å². The Hall–Kier alpha value is -3.22. The van der Waals surface area contributed by atoms with Crippen molar-refractivity contribution in [2.75, 3.05) is 25.5 Å². The van der Waals surface area contributed by atoms with E-state index in [0.29, 0.717) is 13.2 Å². The second-order valence-electron chi connectivity index (χ2n) is 7.61. The first kappa shape index (κ1) is 22.5. The van der Waals surface area contributed by atoms with Gasteiger partial charge in [0.05, 0.1) is 6.61 Å². The molecule has 166 valence electrons. The van der Waals surface area contributed by atoms with Crippen molar-refractivity contribution in [3.63, 3.8) is 0 Å². The van der Waals surface area contributed by atoms with Crippen LogP contribution in [0.1, 0.15) is 37.5 Å². The molecule has 2 aromatic carbocycles. The minimum absolute atomic E-state index is 0.0683. The molecule has 0 aromatic heterocycles. The third-order valence-electron chi connectivity index (χ3n) is 5.03. The molecule has 7 nitrogen and oxygen atoms in total. The number of nitrogens with zero attached hydrogens (tertiary/aromatic N) is 1. The summed E-state index contributed by atoms with van der Waals surface area (Å²) in [4.78, 5) is 15.4. The molecule has 1 aliphatic heterocycles. The van der Waals surface area contributed by atoms with Crippen molar-refractivity contribution in [1.82, 2.24) is 10.6 Å². The number of anilines is 1. The number of nitrogens with one attached hydrogen (secondary N) is 3. The van der Waals surface area contributed by atoms with E-state index in [0.717, 1.165) is 48.1 Å². The highest BCUT2D eigenvalue weighted by molar-refractivity contribution is 5.88. The molecule has 0 radical (unpaired) electrons. The maximum atomic E-state index is 11.1. The lowest BCUT2D eigenvalue weighted by atomic mass is 10.1. The van der Waals surface area contributed by atoms with Gasteiger partial charge in [0, 0.05) is 50.3 Å². The van der Waals surface area contributed by atoms with Gasteiger partial charge in [0.15, 0.2) is 5.96 Å². The Morgan fingerprint density at radius 1 is 1.23 bits per heavy atom. The van der Waals surface area contributed by atoms with Crippen LogP contribution >= 0.6 is 0 Å². The maximum absolute atomic E-state index is 11.1. The molecule has 1 amide bonds. The maximum Gasteiger partial charge on any atom is 0.221 e. The minimum Gasteiger partial charge on any atom is -0.494 e. The molecule has 0 saturated carbocycles. The molecule has 0 spiro atoms. The van der Waals surface area contributed by atoms with Crippen LogP contribution in [-0.4, -0.2) is 38.2 Å². The molecule has 1 aliphatic rings. The molecule has 31 heavy (non-hydrogen) atoms. The lowest BCUT2D eigenvalue weighted by Crippen LogP contribution is -2.37. The van der Waals surface area contributed by atoms with Crippen LogP contribution in [0.2, 0.25) is 0 Å². The van der Waals surface area contributed by atoms with Gasteiger partial charge in [0.25, 0.3) is 0 Å². The number of aliphatic imine (C=N–C) groups is 1. The molecule has 2 aromatic rings. The summed E-state index contributed by atoms with van der Waals surface area (Å²) in [6, 6.07) is 12.0. The summed E-state index contributed by atoms with van der Waals surface area (Å²) in [5.74, 6) is 2.49. The van der Waals surface area contributed by atoms with E-state index >= 15 is 0 Å². The summed E-state index contributed by atoms with van der Waals surface area (Å²) in [6.45, 7) is 7.53. The number of fused-ring (bicyclic) bond motifs is 1. The lowest BCUT2D eigenvalue weighted by molar-refractivity contribution is -0.114. The van der Waals surface area contributed by atoms with Crippen LogP contribution < -0.4 is 25.4 Å². The van der Waals surface area contributed by atoms with E-state index in [1.54, 1.807) is 7.05 Å². The molecular formula is C24H32N4O3. The van der Waals surface area contributed by atoms with Gasteiger partial charge in [-0.05, 0) is 50.1 Å². The van der Waals surface area contributed by atoms with Crippen molar-refractivity contribution in [3.8, 4) is 11.5 Å². The smallest absolute Gasteiger partial charge is 0.221 e. The number of ether oxygens (including phenoxy) is 2. The topological polar surface area (TPSA) is 84.0 Å². The number of hydrogen-bond donors (Lipinski definition) is 3. The Morgan fingerprint density at radius 2 is 2.00 bits per heavy atom. The summed E-state index contributed by atoms with van der Waals surface area (Å²) in [7, 11) is 1.76. The van der Waals surface area contributed by atoms with Gasteiger partial charge < -0.3 is 25.4 Å². The van der Waals surface area contributed by atoms with E-state index in [2.05, 4.69) is 40.0 Å². The van der Waals surface area contributed by atoms with E-state index in [1.807, 2.05) is 31.2 Å². The molecule has 0 saturated heterocycles. The second-order valence-corrected chi connectivity index (χ2v) is 7.61. The molecule has 1 atom stereocenters. The minimum atomic E-state index is -0.0683. The standard InChI is InChI=1S/C24H32N4O3/c1-5-30-22-13-19-12-16(2)31-23(19)14-20(22)15-27-24(25-4)26-11-10-18-6-8-21(9-7-18)28-17(3)29/h6-9,13-14,16H,5,10-12,15H2,1-4H3,(H,28,29)(H2,25,26,27). The molecule has 0 bridgehead atoms. The van der Waals surface area contributed by atoms with E-state index in [9.17, 15) is 4.79 Å². The van der Waals surface area contributed by atoms with Gasteiger partial charge in [0.2, 0.25) is 5.91 Å². The number of guanidine groups is 1. The highest BCUT2D eigenvalue weighted by Crippen LogP contribution is 2.35. The first-order chi connectivity index (χ1) is 15.0. The summed E-state index contributed by atoms with van der Waals surface area (Å²) in [5, 5.41) is 9.48. The van der Waals surface area contributed by atoms with Crippen molar-refractivity contribution in [1.29, 1.82) is 0 Å². The fourth-order valence-corrected chi connectivity index (χ4v) is 3.59. The first-order valence-electron chi connectivity index (χ1n) is 10.7. The monoisotopic (exact) mass is 424 g/mol. The normalized spacial score (nSPS) is 15.1. The molecular weight excluding hydrogens is 392 g/mol. The van der Waals surface area contributed by atoms with Crippen LogP contribution in [0.15, 0.2) is 41.4 Å². The Kier molecular flexibility index (Phi) is 7.76. The van der Waals surface area contributed by atoms with Gasteiger partial charge in [-0.15, -0.1) is 0 Å². The van der Waals surface area contributed by atoms with Crippen LogP contribution in [-0.2, 0) is 24.2 Å². The predicted molar refractivity (Wildman–Crippen MR) is 124 cm³/mol. The Balaban J connectivity index is 1.53. The molecule has 1 heterocycles. The molecule has 3 N–H and O–H groups in total. The van der Waals surface area contributed by atoms with Gasteiger partial charge in [-0.3, -0.25) is 9.79 Å². The molecule has 7 heteroatoms. The average Bonchev–Trinajstić information content (AvgIpc) is 3.10. The van der Waals surface area contributed by atoms with Crippen LogP contribution in [0.3, 0.4) is 0 Å². The number of rotatable bonds is 8. The number of carbonyl (C=O) groups is 1. The van der Waals surface area contributed by atoms with Crippen molar-refractivity contribution in [3.05, 3.63) is 53.1 Å². The third-order valence-corrected chi connectivity index (χ3v) is 5.03. The molecule has 3 rings (SSSR count). The zero-order valence-electron chi connectivity index (χ0n) is 18.7. The van der Waals surface area contributed by atoms with Crippen molar-refractivity contribution < 1.29 is 14.3 Å². The Labute approximate surface area is 184 Å². The van der Waals surface area contributed by atoms with E-state index in [1.165, 1.54) is 18.1 Å². The van der Waals surface area contributed by atoms with Gasteiger partial charge in [-0.1, -0.05) is 12.1 Å². The van der Waals surface area contributed by atoms with Crippen LogP contribution in [0.4, 0.5) is 5.69 Å². The fraction of sp³-hybridized carbons (Fsp3) is 0.417. The number of amides is 1. The average molecular weight is 425 g/mol. The lowest BCUT2D eigenvalue weighted by Gasteiger charge is -2.16. The van der Waals surface area contributed by atoms with Gasteiger partial charge >= 0.3 is 0 Å². The summed E-state index contributed by atoms with van der Waals surface area (Å²) in [5.41, 5.74) is 4.23. The molecule has 0 fully saturated rings. The number of benzene rings is 2. The number of hydrogen-bond acceptors (Lipinski definition) is 4. The van der Waals surface area contributed by atoms with Gasteiger partial charge in [-0.2, -0.15) is 0 Å². The highest BCUT2D eigenvalue weighted by Gasteiger charge is 2.21. The van der Waals surface area contributed by atoms with Gasteiger partial charge in [-0.25, -0.2) is 0 Å². The quantitative estimate of drug-likeness (QED) is 0.447.